The van der Waals surface area contributed by atoms with Crippen LogP contribution in [0.15, 0.2) is 24.3 Å². The molecule has 3 N–H and O–H groups in total. The lowest BCUT2D eigenvalue weighted by Gasteiger charge is -2.18. The zero-order valence-corrected chi connectivity index (χ0v) is 12.2. The summed E-state index contributed by atoms with van der Waals surface area (Å²) in [6, 6.07) is 7.21. The zero-order valence-electron chi connectivity index (χ0n) is 12.2. The monoisotopic (exact) mass is 289 g/mol. The number of nitrogens with two attached hydrogens (primary N) is 1. The van der Waals surface area contributed by atoms with Gasteiger partial charge < -0.3 is 20.5 Å². The molecule has 1 aromatic carbocycles. The number of nitrogens with zero attached hydrogens (tertiary/aromatic N) is 4. The molecule has 0 saturated heterocycles. The molecule has 0 atom stereocenters. The Kier molecular flexibility index (Phi) is 4.89. The second-order valence-electron chi connectivity index (χ2n) is 4.36. The third-order valence-electron chi connectivity index (χ3n) is 2.96. The number of anilines is 2. The molecule has 0 bridgehead atoms. The lowest BCUT2D eigenvalue weighted by molar-refractivity contribution is 0.281. The van der Waals surface area contributed by atoms with E-state index < -0.39 is 0 Å². The molecule has 7 heteroatoms. The van der Waals surface area contributed by atoms with Crippen LogP contribution < -0.4 is 15.4 Å². The summed E-state index contributed by atoms with van der Waals surface area (Å²) < 4.78 is 5.60. The highest BCUT2D eigenvalue weighted by molar-refractivity contribution is 5.37. The van der Waals surface area contributed by atoms with Gasteiger partial charge in [0.15, 0.2) is 0 Å². The van der Waals surface area contributed by atoms with E-state index in [-0.39, 0.29) is 18.6 Å². The first-order valence-corrected chi connectivity index (χ1v) is 6.80. The summed E-state index contributed by atoms with van der Waals surface area (Å²) >= 11 is 0. The summed E-state index contributed by atoms with van der Waals surface area (Å²) in [7, 11) is 0. The van der Waals surface area contributed by atoms with Crippen LogP contribution in [0.4, 0.5) is 11.9 Å². The lowest BCUT2D eigenvalue weighted by atomic mass is 10.2. The van der Waals surface area contributed by atoms with Crippen LogP contribution in [0.5, 0.6) is 11.8 Å². The number of hydrogen-bond acceptors (Lipinski definition) is 7. The summed E-state index contributed by atoms with van der Waals surface area (Å²) in [5, 5.41) is 9.13. The smallest absolute Gasteiger partial charge is 0.328 e. The van der Waals surface area contributed by atoms with Gasteiger partial charge in [0.2, 0.25) is 11.9 Å². The van der Waals surface area contributed by atoms with Crippen molar-refractivity contribution >= 4 is 11.9 Å². The van der Waals surface area contributed by atoms with Crippen molar-refractivity contribution in [3.63, 3.8) is 0 Å². The fraction of sp³-hybridized carbons (Fsp3) is 0.357. The molecule has 2 rings (SSSR count). The average molecular weight is 289 g/mol. The first kappa shape index (κ1) is 15.0. The Bertz CT molecular complexity index is 602. The molecule has 0 amide bonds. The molecule has 112 valence electrons. The molecule has 0 fully saturated rings. The van der Waals surface area contributed by atoms with E-state index in [1.54, 1.807) is 24.3 Å². The summed E-state index contributed by atoms with van der Waals surface area (Å²) in [6.45, 7) is 5.49. The Labute approximate surface area is 123 Å². The molecule has 0 aliphatic rings. The maximum absolute atomic E-state index is 9.13. The standard InChI is InChI=1S/C14H19N5O2/c1-3-19(4-2)13-16-12(15)17-14(18-13)21-11-7-5-6-10(8-11)9-20/h5-8,20H,3-4,9H2,1-2H3,(H2,15,16,17,18). The third kappa shape index (κ3) is 3.79. The van der Waals surface area contributed by atoms with Crippen molar-refractivity contribution in [2.45, 2.75) is 20.5 Å². The van der Waals surface area contributed by atoms with Crippen LogP contribution >= 0.6 is 0 Å². The maximum Gasteiger partial charge on any atom is 0.328 e. The lowest BCUT2D eigenvalue weighted by Crippen LogP contribution is -2.25. The fourth-order valence-corrected chi connectivity index (χ4v) is 1.87. The molecule has 2 aromatic rings. The highest BCUT2D eigenvalue weighted by atomic mass is 16.5. The zero-order chi connectivity index (χ0) is 15.2. The first-order valence-electron chi connectivity index (χ1n) is 6.80. The third-order valence-corrected chi connectivity index (χ3v) is 2.96. The van der Waals surface area contributed by atoms with Gasteiger partial charge in [-0.3, -0.25) is 0 Å². The number of aliphatic hydroxyl groups is 1. The van der Waals surface area contributed by atoms with Crippen molar-refractivity contribution in [3.05, 3.63) is 29.8 Å². The topological polar surface area (TPSA) is 97.4 Å². The summed E-state index contributed by atoms with van der Waals surface area (Å²) in [6.07, 6.45) is 0. The van der Waals surface area contributed by atoms with Crippen LogP contribution in [-0.2, 0) is 6.61 Å². The number of nitrogen functional groups attached to an aromatic ring is 1. The van der Waals surface area contributed by atoms with E-state index in [4.69, 9.17) is 15.6 Å². The van der Waals surface area contributed by atoms with Gasteiger partial charge in [-0.15, -0.1) is 0 Å². The van der Waals surface area contributed by atoms with Gasteiger partial charge >= 0.3 is 6.01 Å². The van der Waals surface area contributed by atoms with E-state index >= 15 is 0 Å². The van der Waals surface area contributed by atoms with Crippen molar-refractivity contribution in [3.8, 4) is 11.8 Å². The Morgan fingerprint density at radius 1 is 1.19 bits per heavy atom. The van der Waals surface area contributed by atoms with E-state index in [2.05, 4.69) is 15.0 Å². The largest absolute Gasteiger partial charge is 0.424 e. The highest BCUT2D eigenvalue weighted by Gasteiger charge is 2.11. The predicted molar refractivity (Wildman–Crippen MR) is 80.2 cm³/mol. The molecular formula is C14H19N5O2. The summed E-state index contributed by atoms with van der Waals surface area (Å²) in [5.74, 6) is 1.14. The van der Waals surface area contributed by atoms with Crippen molar-refractivity contribution in [2.75, 3.05) is 23.7 Å². The maximum atomic E-state index is 9.13. The van der Waals surface area contributed by atoms with Crippen LogP contribution in [-0.4, -0.2) is 33.1 Å². The Morgan fingerprint density at radius 2 is 1.95 bits per heavy atom. The molecule has 0 unspecified atom stereocenters. The van der Waals surface area contributed by atoms with Gasteiger partial charge in [0.25, 0.3) is 0 Å². The fourth-order valence-electron chi connectivity index (χ4n) is 1.87. The van der Waals surface area contributed by atoms with E-state index in [0.29, 0.717) is 11.7 Å². The molecule has 0 saturated carbocycles. The quantitative estimate of drug-likeness (QED) is 0.833. The SMILES string of the molecule is CCN(CC)c1nc(N)nc(Oc2cccc(CO)c2)n1. The number of aliphatic hydroxyl groups excluding tert-OH is 1. The van der Waals surface area contributed by atoms with Gasteiger partial charge in [0.1, 0.15) is 5.75 Å². The van der Waals surface area contributed by atoms with E-state index in [1.165, 1.54) is 0 Å². The predicted octanol–water partition coefficient (Wildman–Crippen LogP) is 1.58. The van der Waals surface area contributed by atoms with Gasteiger partial charge in [-0.25, -0.2) is 0 Å². The first-order chi connectivity index (χ1) is 10.2. The van der Waals surface area contributed by atoms with E-state index in [1.807, 2.05) is 18.7 Å². The Balaban J connectivity index is 2.27. The highest BCUT2D eigenvalue weighted by Crippen LogP contribution is 2.21. The molecule has 0 aliphatic carbocycles. The van der Waals surface area contributed by atoms with Crippen LogP contribution in [0.25, 0.3) is 0 Å². The number of ether oxygens (including phenoxy) is 1. The normalized spacial score (nSPS) is 10.4. The van der Waals surface area contributed by atoms with Gasteiger partial charge in [0, 0.05) is 13.1 Å². The minimum Gasteiger partial charge on any atom is -0.424 e. The summed E-state index contributed by atoms with van der Waals surface area (Å²) in [5.41, 5.74) is 6.46. The van der Waals surface area contributed by atoms with Gasteiger partial charge in [-0.1, -0.05) is 12.1 Å². The van der Waals surface area contributed by atoms with Crippen molar-refractivity contribution in [1.82, 2.24) is 15.0 Å². The number of benzene rings is 1. The molecule has 1 aromatic heterocycles. The second-order valence-corrected chi connectivity index (χ2v) is 4.36. The van der Waals surface area contributed by atoms with Gasteiger partial charge in [0.05, 0.1) is 6.61 Å². The van der Waals surface area contributed by atoms with E-state index in [9.17, 15) is 0 Å². The van der Waals surface area contributed by atoms with Crippen LogP contribution in [0.1, 0.15) is 19.4 Å². The minimum absolute atomic E-state index is 0.0543. The van der Waals surface area contributed by atoms with E-state index in [0.717, 1.165) is 18.7 Å². The molecule has 0 spiro atoms. The van der Waals surface area contributed by atoms with Gasteiger partial charge in [-0.05, 0) is 31.5 Å². The molecule has 1 heterocycles. The Hall–Kier alpha value is -2.41. The van der Waals surface area contributed by atoms with Crippen LogP contribution in [0, 0.1) is 0 Å². The molecule has 0 aliphatic heterocycles. The Morgan fingerprint density at radius 3 is 2.62 bits per heavy atom. The van der Waals surface area contributed by atoms with Crippen molar-refractivity contribution in [2.24, 2.45) is 0 Å². The average Bonchev–Trinajstić information content (AvgIpc) is 2.48. The minimum atomic E-state index is -0.0543. The molecule has 0 radical (unpaired) electrons. The summed E-state index contributed by atoms with van der Waals surface area (Å²) in [4.78, 5) is 14.3. The molecular weight excluding hydrogens is 270 g/mol. The van der Waals surface area contributed by atoms with Crippen LogP contribution in [0.2, 0.25) is 0 Å². The molecule has 21 heavy (non-hydrogen) atoms. The molecule has 7 nitrogen and oxygen atoms in total. The second kappa shape index (κ2) is 6.85. The van der Waals surface area contributed by atoms with Crippen LogP contribution in [0.3, 0.4) is 0 Å². The van der Waals surface area contributed by atoms with Crippen molar-refractivity contribution < 1.29 is 9.84 Å². The number of rotatable bonds is 6. The van der Waals surface area contributed by atoms with Crippen molar-refractivity contribution in [1.29, 1.82) is 0 Å². The number of aromatic nitrogens is 3. The number of hydrogen-bond donors (Lipinski definition) is 2. The van der Waals surface area contributed by atoms with Gasteiger partial charge in [-0.2, -0.15) is 15.0 Å².